The molecule has 3 rings (SSSR count). The zero-order valence-corrected chi connectivity index (χ0v) is 14.6. The monoisotopic (exact) mass is 338 g/mol. The summed E-state index contributed by atoms with van der Waals surface area (Å²) in [5.41, 5.74) is 8.86. The van der Waals surface area contributed by atoms with E-state index in [2.05, 4.69) is 15.0 Å². The van der Waals surface area contributed by atoms with Crippen LogP contribution in [0.5, 0.6) is 0 Å². The van der Waals surface area contributed by atoms with E-state index >= 15 is 0 Å². The van der Waals surface area contributed by atoms with Crippen LogP contribution in [0, 0.1) is 13.8 Å². The van der Waals surface area contributed by atoms with Crippen LogP contribution in [0.2, 0.25) is 0 Å². The van der Waals surface area contributed by atoms with Crippen molar-refractivity contribution in [1.82, 2.24) is 15.0 Å². The molecule has 0 fully saturated rings. The molecular formula is C18H18N4OS. The van der Waals surface area contributed by atoms with Gasteiger partial charge in [-0.3, -0.25) is 4.79 Å². The Balaban J connectivity index is 2.20. The van der Waals surface area contributed by atoms with E-state index < -0.39 is 5.91 Å². The highest BCUT2D eigenvalue weighted by Gasteiger charge is 2.22. The maximum absolute atomic E-state index is 12.0. The molecule has 0 spiro atoms. The summed E-state index contributed by atoms with van der Waals surface area (Å²) in [5, 5.41) is 0.880. The van der Waals surface area contributed by atoms with Crippen LogP contribution < -0.4 is 5.73 Å². The molecule has 0 unspecified atom stereocenters. The minimum absolute atomic E-state index is 0.0755. The molecule has 1 aromatic carbocycles. The molecule has 0 aliphatic heterocycles. The van der Waals surface area contributed by atoms with E-state index in [1.807, 2.05) is 39.1 Å². The van der Waals surface area contributed by atoms with Crippen molar-refractivity contribution >= 4 is 17.2 Å². The normalized spacial score (nSPS) is 12.1. The third-order valence-electron chi connectivity index (χ3n) is 3.96. The zero-order valence-electron chi connectivity index (χ0n) is 13.8. The van der Waals surface area contributed by atoms with Gasteiger partial charge in [0.05, 0.1) is 0 Å². The van der Waals surface area contributed by atoms with Crippen molar-refractivity contribution in [2.75, 3.05) is 0 Å². The van der Waals surface area contributed by atoms with Gasteiger partial charge < -0.3 is 5.73 Å². The van der Waals surface area contributed by atoms with E-state index in [1.54, 1.807) is 29.8 Å². The Morgan fingerprint density at radius 2 is 1.83 bits per heavy atom. The summed E-state index contributed by atoms with van der Waals surface area (Å²) in [6.07, 6.45) is 5.42. The molecule has 0 aliphatic rings. The Morgan fingerprint density at radius 3 is 2.42 bits per heavy atom. The number of hydrogen-bond acceptors (Lipinski definition) is 5. The van der Waals surface area contributed by atoms with E-state index in [4.69, 9.17) is 5.73 Å². The van der Waals surface area contributed by atoms with E-state index in [0.29, 0.717) is 11.4 Å². The van der Waals surface area contributed by atoms with Gasteiger partial charge in [0, 0.05) is 40.5 Å². The minimum Gasteiger partial charge on any atom is -0.366 e. The highest BCUT2D eigenvalue weighted by molar-refractivity contribution is 7.15. The van der Waals surface area contributed by atoms with E-state index in [0.717, 1.165) is 26.6 Å². The maximum Gasteiger partial charge on any atom is 0.249 e. The molecule has 6 heteroatoms. The topological polar surface area (TPSA) is 81.8 Å². The van der Waals surface area contributed by atoms with Crippen molar-refractivity contribution in [3.8, 4) is 10.6 Å². The summed E-state index contributed by atoms with van der Waals surface area (Å²) in [5.74, 6) is 0.193. The largest absolute Gasteiger partial charge is 0.366 e. The summed E-state index contributed by atoms with van der Waals surface area (Å²) < 4.78 is 0. The molecule has 0 radical (unpaired) electrons. The number of aryl methyl sites for hydroxylation is 2. The Kier molecular flexibility index (Phi) is 4.40. The smallest absolute Gasteiger partial charge is 0.249 e. The second kappa shape index (κ2) is 6.49. The van der Waals surface area contributed by atoms with Crippen molar-refractivity contribution in [3.05, 3.63) is 64.2 Å². The number of benzene rings is 1. The van der Waals surface area contributed by atoms with Crippen molar-refractivity contribution in [3.63, 3.8) is 0 Å². The molecule has 1 atom stereocenters. The van der Waals surface area contributed by atoms with Crippen LogP contribution in [-0.4, -0.2) is 20.9 Å². The lowest BCUT2D eigenvalue weighted by atomic mass is 9.87. The van der Waals surface area contributed by atoms with Gasteiger partial charge in [-0.05, 0) is 31.0 Å². The van der Waals surface area contributed by atoms with Crippen molar-refractivity contribution in [1.29, 1.82) is 0 Å². The highest BCUT2D eigenvalue weighted by atomic mass is 32.1. The molecular weight excluding hydrogens is 320 g/mol. The number of carbonyl (C=O) groups is 1. The van der Waals surface area contributed by atoms with Gasteiger partial charge in [0.25, 0.3) is 0 Å². The number of thiazole rings is 1. The lowest BCUT2D eigenvalue weighted by Crippen LogP contribution is -2.16. The minimum atomic E-state index is -0.444. The van der Waals surface area contributed by atoms with Gasteiger partial charge >= 0.3 is 0 Å². The summed E-state index contributed by atoms with van der Waals surface area (Å²) in [6, 6.07) is 5.58. The molecule has 122 valence electrons. The van der Waals surface area contributed by atoms with Crippen LogP contribution in [-0.2, 0) is 0 Å². The first-order valence-electron chi connectivity index (χ1n) is 7.61. The van der Waals surface area contributed by atoms with Crippen LogP contribution in [0.15, 0.2) is 36.8 Å². The first kappa shape index (κ1) is 16.3. The molecule has 2 aromatic heterocycles. The number of carbonyl (C=O) groups excluding carboxylic acids is 1. The van der Waals surface area contributed by atoms with Crippen LogP contribution >= 0.6 is 11.3 Å². The first-order valence-corrected chi connectivity index (χ1v) is 8.43. The van der Waals surface area contributed by atoms with E-state index in [9.17, 15) is 4.79 Å². The van der Waals surface area contributed by atoms with Crippen LogP contribution in [0.25, 0.3) is 10.6 Å². The maximum atomic E-state index is 12.0. The fourth-order valence-electron chi connectivity index (χ4n) is 2.71. The van der Waals surface area contributed by atoms with E-state index in [1.165, 1.54) is 0 Å². The van der Waals surface area contributed by atoms with Gasteiger partial charge in [0.15, 0.2) is 0 Å². The van der Waals surface area contributed by atoms with Gasteiger partial charge in [0.1, 0.15) is 10.8 Å². The third-order valence-corrected chi connectivity index (χ3v) is 4.90. The predicted molar refractivity (Wildman–Crippen MR) is 95.1 cm³/mol. The average Bonchev–Trinajstić information content (AvgIpc) is 3.00. The van der Waals surface area contributed by atoms with Gasteiger partial charge in [-0.25, -0.2) is 15.0 Å². The van der Waals surface area contributed by atoms with Crippen LogP contribution in [0.3, 0.4) is 0 Å². The average molecular weight is 338 g/mol. The summed E-state index contributed by atoms with van der Waals surface area (Å²) >= 11 is 1.60. The molecule has 24 heavy (non-hydrogen) atoms. The number of primary amides is 1. The second-order valence-electron chi connectivity index (χ2n) is 5.69. The van der Waals surface area contributed by atoms with Crippen molar-refractivity contribution in [2.45, 2.75) is 26.7 Å². The Bertz CT molecular complexity index is 886. The fourth-order valence-corrected chi connectivity index (χ4v) is 3.51. The summed E-state index contributed by atoms with van der Waals surface area (Å²) in [7, 11) is 0. The molecule has 5 nitrogen and oxygen atoms in total. The summed E-state index contributed by atoms with van der Waals surface area (Å²) in [6.45, 7) is 5.88. The second-order valence-corrected chi connectivity index (χ2v) is 6.93. The molecule has 0 bridgehead atoms. The third kappa shape index (κ3) is 3.05. The van der Waals surface area contributed by atoms with Crippen molar-refractivity contribution in [2.24, 2.45) is 5.73 Å². The zero-order chi connectivity index (χ0) is 17.3. The van der Waals surface area contributed by atoms with Crippen LogP contribution in [0.1, 0.15) is 45.0 Å². The first-order chi connectivity index (χ1) is 11.5. The molecule has 0 saturated carbocycles. The number of hydrogen-bond donors (Lipinski definition) is 1. The van der Waals surface area contributed by atoms with E-state index in [-0.39, 0.29) is 5.92 Å². The Labute approximate surface area is 144 Å². The van der Waals surface area contributed by atoms with Gasteiger partial charge in [0.2, 0.25) is 5.91 Å². The predicted octanol–water partition coefficient (Wildman–Crippen LogP) is 3.47. The molecule has 2 heterocycles. The van der Waals surface area contributed by atoms with Crippen molar-refractivity contribution < 1.29 is 4.79 Å². The number of aromatic nitrogens is 3. The molecule has 0 saturated heterocycles. The van der Waals surface area contributed by atoms with Gasteiger partial charge in [-0.15, -0.1) is 11.3 Å². The SMILES string of the molecule is Cc1ncc([C@H](C)c2c(C(N)=O)cccc2-c2ncc(C)s2)cn1. The fraction of sp³-hybridized carbons (Fsp3) is 0.222. The number of nitrogens with zero attached hydrogens (tertiary/aromatic N) is 3. The van der Waals surface area contributed by atoms with Gasteiger partial charge in [-0.2, -0.15) is 0 Å². The van der Waals surface area contributed by atoms with Gasteiger partial charge in [-0.1, -0.05) is 19.1 Å². The molecule has 2 N–H and O–H groups in total. The number of nitrogens with two attached hydrogens (primary N) is 1. The molecule has 1 amide bonds. The lowest BCUT2D eigenvalue weighted by Gasteiger charge is -2.18. The lowest BCUT2D eigenvalue weighted by molar-refractivity contribution is 0.0999. The summed E-state index contributed by atoms with van der Waals surface area (Å²) in [4.78, 5) is 26.1. The van der Waals surface area contributed by atoms with Crippen LogP contribution in [0.4, 0.5) is 0 Å². The molecule has 0 aliphatic carbocycles. The Morgan fingerprint density at radius 1 is 1.12 bits per heavy atom. The quantitative estimate of drug-likeness (QED) is 0.790. The number of amides is 1. The standard InChI is InChI=1S/C18H18N4OS/c1-10-7-22-18(24-10)15-6-4-5-14(17(19)23)16(15)11(2)13-8-20-12(3)21-9-13/h4-9,11H,1-3H3,(H2,19,23)/t11-/m0/s1. The Hall–Kier alpha value is -2.60. The highest BCUT2D eigenvalue weighted by Crippen LogP contribution is 2.36. The number of rotatable bonds is 4. The molecule has 3 aromatic rings.